The molecule has 0 aliphatic heterocycles. The maximum absolute atomic E-state index is 8.39. The molecule has 0 spiro atoms. The Morgan fingerprint density at radius 2 is 1.19 bits per heavy atom. The van der Waals surface area contributed by atoms with Gasteiger partial charge in [-0.15, -0.1) is 0 Å². The van der Waals surface area contributed by atoms with Crippen molar-refractivity contribution >= 4 is 10.8 Å². The molecule has 0 nitrogen and oxygen atoms in total. The molecule has 2 aromatic carbocycles. The Hall–Kier alpha value is -1.30. The lowest BCUT2D eigenvalue weighted by atomic mass is 9.95. The molecule has 0 aliphatic carbocycles. The van der Waals surface area contributed by atoms with Crippen LogP contribution in [0.5, 0.6) is 0 Å². The third-order valence-electron chi connectivity index (χ3n) is 2.57. The monoisotopic (exact) mass is 218 g/mol. The second-order valence-electron chi connectivity index (χ2n) is 4.64. The first-order chi connectivity index (χ1) is 10.1. The number of fused-ring (bicyclic) bond motifs is 1. The molecular weight excluding hydrogens is 192 g/mol. The van der Waals surface area contributed by atoms with Crippen molar-refractivity contribution in [3.8, 4) is 0 Å². The van der Waals surface area contributed by atoms with Crippen molar-refractivity contribution in [3.05, 3.63) is 47.4 Å². The van der Waals surface area contributed by atoms with Gasteiger partial charge in [-0.2, -0.15) is 0 Å². The van der Waals surface area contributed by atoms with Gasteiger partial charge in [0.2, 0.25) is 0 Å². The van der Waals surface area contributed by atoms with Crippen LogP contribution < -0.4 is 0 Å². The molecule has 16 heavy (non-hydrogen) atoms. The Kier molecular flexibility index (Phi) is 1.57. The van der Waals surface area contributed by atoms with Crippen molar-refractivity contribution in [3.63, 3.8) is 0 Å². The minimum absolute atomic E-state index is 0.0476. The fourth-order valence-electron chi connectivity index (χ4n) is 1.48. The van der Waals surface area contributed by atoms with Crippen molar-refractivity contribution in [2.45, 2.75) is 39.5 Å². The van der Waals surface area contributed by atoms with Crippen LogP contribution in [0.25, 0.3) is 10.8 Å². The molecule has 0 heterocycles. The van der Waals surface area contributed by atoms with Crippen molar-refractivity contribution in [1.29, 1.82) is 0 Å². The van der Waals surface area contributed by atoms with E-state index in [1.54, 1.807) is 0 Å². The molecule has 0 aliphatic rings. The summed E-state index contributed by atoms with van der Waals surface area (Å²) in [5, 5.41) is 0.313. The molecule has 0 bridgehead atoms. The topological polar surface area (TPSA) is 0 Å². The van der Waals surface area contributed by atoms with Crippen LogP contribution in [-0.4, -0.2) is 0 Å². The molecule has 2 aromatic rings. The van der Waals surface area contributed by atoms with Crippen molar-refractivity contribution < 1.29 is 8.22 Å². The predicted molar refractivity (Wildman–Crippen MR) is 72.1 cm³/mol. The van der Waals surface area contributed by atoms with E-state index in [1.807, 2.05) is 27.7 Å². The lowest BCUT2D eigenvalue weighted by Crippen LogP contribution is -1.89. The van der Waals surface area contributed by atoms with Gasteiger partial charge in [0.15, 0.2) is 0 Å². The van der Waals surface area contributed by atoms with Gasteiger partial charge >= 0.3 is 0 Å². The lowest BCUT2D eigenvalue weighted by Gasteiger charge is -2.10. The normalized spacial score (nSPS) is 16.9. The number of hydrogen-bond acceptors (Lipinski definition) is 0. The molecule has 2 rings (SSSR count). The van der Waals surface area contributed by atoms with Gasteiger partial charge in [-0.05, 0) is 33.7 Å². The second-order valence-corrected chi connectivity index (χ2v) is 4.64. The van der Waals surface area contributed by atoms with Crippen LogP contribution in [0.15, 0.2) is 36.3 Å². The summed E-state index contributed by atoms with van der Waals surface area (Å²) in [5.74, 6) is -0.222. The Balaban J connectivity index is 3.16. The first-order valence-electron chi connectivity index (χ1n) is 8.64. The van der Waals surface area contributed by atoms with Crippen LogP contribution in [0, 0.1) is 0 Å². The first-order valence-corrected chi connectivity index (χ1v) is 5.64. The summed E-state index contributed by atoms with van der Waals surface area (Å²) >= 11 is 0. The molecule has 0 unspecified atom stereocenters. The van der Waals surface area contributed by atoms with Crippen molar-refractivity contribution in [2.75, 3.05) is 0 Å². The highest BCUT2D eigenvalue weighted by molar-refractivity contribution is 5.84. The molecule has 0 fully saturated rings. The van der Waals surface area contributed by atoms with Crippen LogP contribution in [-0.2, 0) is 0 Å². The van der Waals surface area contributed by atoms with Gasteiger partial charge < -0.3 is 0 Å². The Morgan fingerprint density at radius 1 is 0.750 bits per heavy atom. The van der Waals surface area contributed by atoms with Gasteiger partial charge in [0.25, 0.3) is 0 Å². The molecule has 0 atom stereocenters. The minimum atomic E-state index is -0.156. The summed E-state index contributed by atoms with van der Waals surface area (Å²) in [6, 6.07) is -0.360. The van der Waals surface area contributed by atoms with Crippen LogP contribution in [0.4, 0.5) is 0 Å². The summed E-state index contributed by atoms with van der Waals surface area (Å²) < 4.78 is 49.3. The fraction of sp³-hybridized carbons (Fsp3) is 0.375. The van der Waals surface area contributed by atoms with E-state index in [4.69, 9.17) is 8.22 Å². The van der Waals surface area contributed by atoms with Gasteiger partial charge in [-0.3, -0.25) is 0 Å². The van der Waals surface area contributed by atoms with Gasteiger partial charge in [0, 0.05) is 0 Å². The van der Waals surface area contributed by atoms with E-state index in [1.165, 1.54) is 0 Å². The van der Waals surface area contributed by atoms with Gasteiger partial charge in [-0.25, -0.2) is 0 Å². The Morgan fingerprint density at radius 3 is 1.56 bits per heavy atom. The van der Waals surface area contributed by atoms with E-state index in [-0.39, 0.29) is 58.9 Å². The number of rotatable bonds is 2. The Labute approximate surface area is 107 Å². The van der Waals surface area contributed by atoms with E-state index in [0.717, 1.165) is 0 Å². The highest BCUT2D eigenvalue weighted by Crippen LogP contribution is 2.24. The summed E-state index contributed by atoms with van der Waals surface area (Å²) in [6.45, 7) is 7.41. The third kappa shape index (κ3) is 2.11. The summed E-state index contributed by atoms with van der Waals surface area (Å²) in [7, 11) is 0. The summed E-state index contributed by atoms with van der Waals surface area (Å²) in [6.07, 6.45) is 0. The average molecular weight is 218 g/mol. The Bertz CT molecular complexity index is 701. The number of hydrogen-bond donors (Lipinski definition) is 0. The predicted octanol–water partition coefficient (Wildman–Crippen LogP) is 5.09. The van der Waals surface area contributed by atoms with Crippen molar-refractivity contribution in [2.24, 2.45) is 0 Å². The van der Waals surface area contributed by atoms with E-state index in [9.17, 15) is 0 Å². The van der Waals surface area contributed by atoms with E-state index in [0.29, 0.717) is 11.1 Å². The summed E-state index contributed by atoms with van der Waals surface area (Å²) in [5.41, 5.74) is 0.857. The first kappa shape index (κ1) is 5.86. The van der Waals surface area contributed by atoms with E-state index >= 15 is 0 Å². The highest BCUT2D eigenvalue weighted by atomic mass is 14.1. The summed E-state index contributed by atoms with van der Waals surface area (Å²) in [4.78, 5) is 0. The maximum Gasteiger partial charge on any atom is 0.0632 e. The molecule has 84 valence electrons. The van der Waals surface area contributed by atoms with Gasteiger partial charge in [0.05, 0.1) is 8.22 Å². The highest BCUT2D eigenvalue weighted by Gasteiger charge is 2.03. The zero-order chi connectivity index (χ0) is 16.9. The van der Waals surface area contributed by atoms with Gasteiger partial charge in [-0.1, -0.05) is 63.9 Å². The average Bonchev–Trinajstić information content (AvgIpc) is 2.39. The third-order valence-corrected chi connectivity index (χ3v) is 2.57. The largest absolute Gasteiger partial charge is 0.0632 e. The zero-order valence-electron chi connectivity index (χ0n) is 16.2. The molecule has 0 N–H and O–H groups in total. The van der Waals surface area contributed by atoms with Crippen LogP contribution in [0.3, 0.4) is 0 Å². The smallest absolute Gasteiger partial charge is 0.0587 e. The molecule has 0 amide bonds. The SMILES string of the molecule is [2H]c1c(C(C)C)c([2H])c2c([2H])c(C(C)C)c([2H])c([2H])c2c1[2H]. The van der Waals surface area contributed by atoms with Crippen LogP contribution in [0.1, 0.15) is 58.9 Å². The molecule has 0 aromatic heterocycles. The van der Waals surface area contributed by atoms with Crippen molar-refractivity contribution in [1.82, 2.24) is 0 Å². The molecule has 0 heteroatoms. The molecule has 0 saturated carbocycles. The molecular formula is C16H20. The van der Waals surface area contributed by atoms with Crippen LogP contribution in [0.2, 0.25) is 0 Å². The fourth-order valence-corrected chi connectivity index (χ4v) is 1.48. The van der Waals surface area contributed by atoms with E-state index in [2.05, 4.69) is 0 Å². The second kappa shape index (κ2) is 4.29. The zero-order valence-corrected chi connectivity index (χ0v) is 10.2. The van der Waals surface area contributed by atoms with Gasteiger partial charge in [0.1, 0.15) is 0 Å². The van der Waals surface area contributed by atoms with Crippen LogP contribution >= 0.6 is 0 Å². The quantitative estimate of drug-likeness (QED) is 0.659. The standard InChI is InChI=1S/C16H20/c1-11(2)14-7-5-13-6-8-15(12(3)4)10-16(13)9-14/h5-12H,1-4H3/i5D,6D,7D,8D,9D,10D. The molecule has 0 saturated heterocycles. The maximum atomic E-state index is 8.39. The minimum Gasteiger partial charge on any atom is -0.0587 e. The molecule has 0 radical (unpaired) electrons. The number of benzene rings is 2. The lowest BCUT2D eigenvalue weighted by molar-refractivity contribution is 0.865. The van der Waals surface area contributed by atoms with E-state index < -0.39 is 0 Å².